The predicted octanol–water partition coefficient (Wildman–Crippen LogP) is 0.421. The SMILES string of the molecule is N#Cc1c(CN)cc(O)cc1C(=O)O. The van der Waals surface area contributed by atoms with Gasteiger partial charge in [0.1, 0.15) is 11.8 Å². The Labute approximate surface area is 80.0 Å². The van der Waals surface area contributed by atoms with Gasteiger partial charge in [0.15, 0.2) is 0 Å². The highest BCUT2D eigenvalue weighted by atomic mass is 16.4. The molecule has 0 aliphatic heterocycles. The van der Waals surface area contributed by atoms with Gasteiger partial charge < -0.3 is 15.9 Å². The molecule has 0 aromatic heterocycles. The first-order valence-electron chi connectivity index (χ1n) is 3.79. The molecule has 1 rings (SSSR count). The maximum Gasteiger partial charge on any atom is 0.337 e. The molecule has 1 aromatic carbocycles. The first-order chi connectivity index (χ1) is 6.60. The molecule has 0 aliphatic rings. The van der Waals surface area contributed by atoms with Crippen LogP contribution in [0.3, 0.4) is 0 Å². The van der Waals surface area contributed by atoms with E-state index < -0.39 is 5.97 Å². The first kappa shape index (κ1) is 10.0. The lowest BCUT2D eigenvalue weighted by Crippen LogP contribution is -2.06. The first-order valence-corrected chi connectivity index (χ1v) is 3.79. The second-order valence-electron chi connectivity index (χ2n) is 2.65. The Morgan fingerprint density at radius 1 is 1.57 bits per heavy atom. The fraction of sp³-hybridized carbons (Fsp3) is 0.111. The minimum atomic E-state index is -1.26. The number of carboxylic acid groups (broad SMARTS) is 1. The summed E-state index contributed by atoms with van der Waals surface area (Å²) in [7, 11) is 0. The Balaban J connectivity index is 3.49. The lowest BCUT2D eigenvalue weighted by molar-refractivity contribution is 0.0696. The highest BCUT2D eigenvalue weighted by Crippen LogP contribution is 2.21. The van der Waals surface area contributed by atoms with Gasteiger partial charge in [-0.3, -0.25) is 0 Å². The van der Waals surface area contributed by atoms with Crippen LogP contribution in [0.15, 0.2) is 12.1 Å². The normalized spacial score (nSPS) is 9.43. The van der Waals surface area contributed by atoms with Crippen molar-refractivity contribution < 1.29 is 15.0 Å². The number of carboxylic acids is 1. The number of benzene rings is 1. The van der Waals surface area contributed by atoms with Crippen LogP contribution < -0.4 is 5.73 Å². The van der Waals surface area contributed by atoms with Crippen molar-refractivity contribution in [3.05, 3.63) is 28.8 Å². The van der Waals surface area contributed by atoms with E-state index in [1.165, 1.54) is 6.07 Å². The van der Waals surface area contributed by atoms with Crippen molar-refractivity contribution in [1.82, 2.24) is 0 Å². The summed E-state index contributed by atoms with van der Waals surface area (Å²) in [6.07, 6.45) is 0. The molecule has 0 saturated heterocycles. The van der Waals surface area contributed by atoms with Gasteiger partial charge in [0.25, 0.3) is 0 Å². The van der Waals surface area contributed by atoms with Crippen LogP contribution >= 0.6 is 0 Å². The second-order valence-corrected chi connectivity index (χ2v) is 2.65. The lowest BCUT2D eigenvalue weighted by Gasteiger charge is -2.05. The van der Waals surface area contributed by atoms with Crippen LogP contribution in [0.4, 0.5) is 0 Å². The van der Waals surface area contributed by atoms with E-state index >= 15 is 0 Å². The molecule has 0 amide bonds. The molecule has 0 spiro atoms. The molecule has 14 heavy (non-hydrogen) atoms. The van der Waals surface area contributed by atoms with Gasteiger partial charge in [-0.2, -0.15) is 5.26 Å². The Bertz CT molecular complexity index is 421. The van der Waals surface area contributed by atoms with Crippen molar-refractivity contribution in [3.63, 3.8) is 0 Å². The molecule has 0 saturated carbocycles. The Kier molecular flexibility index (Phi) is 2.70. The lowest BCUT2D eigenvalue weighted by atomic mass is 10.0. The van der Waals surface area contributed by atoms with Crippen molar-refractivity contribution in [2.24, 2.45) is 5.73 Å². The Morgan fingerprint density at radius 3 is 2.64 bits per heavy atom. The van der Waals surface area contributed by atoms with Crippen molar-refractivity contribution >= 4 is 5.97 Å². The highest BCUT2D eigenvalue weighted by Gasteiger charge is 2.14. The molecule has 0 aliphatic carbocycles. The molecule has 4 N–H and O–H groups in total. The second kappa shape index (κ2) is 3.77. The van der Waals surface area contributed by atoms with Gasteiger partial charge in [-0.25, -0.2) is 4.79 Å². The zero-order chi connectivity index (χ0) is 10.7. The number of nitrogens with two attached hydrogens (primary N) is 1. The molecule has 0 fully saturated rings. The quantitative estimate of drug-likeness (QED) is 0.629. The van der Waals surface area contributed by atoms with Gasteiger partial charge in [-0.05, 0) is 17.7 Å². The van der Waals surface area contributed by atoms with Gasteiger partial charge in [-0.15, -0.1) is 0 Å². The number of carbonyl (C=O) groups is 1. The summed E-state index contributed by atoms with van der Waals surface area (Å²) < 4.78 is 0. The third-order valence-corrected chi connectivity index (χ3v) is 1.77. The standard InChI is InChI=1S/C9H8N2O3/c10-3-5-1-6(12)2-7(9(13)14)8(5)4-11/h1-2,12H,3,10H2,(H,13,14). The molecule has 72 valence electrons. The number of nitrogens with zero attached hydrogens (tertiary/aromatic N) is 1. The van der Waals surface area contributed by atoms with E-state index in [4.69, 9.17) is 21.2 Å². The third kappa shape index (κ3) is 1.65. The molecule has 0 bridgehead atoms. The van der Waals surface area contributed by atoms with E-state index in [-0.39, 0.29) is 23.4 Å². The summed E-state index contributed by atoms with van der Waals surface area (Å²) in [5.74, 6) is -1.46. The molecule has 0 unspecified atom stereocenters. The number of phenolic OH excluding ortho intramolecular Hbond substituents is 1. The van der Waals surface area contributed by atoms with Crippen LogP contribution in [-0.2, 0) is 6.54 Å². The number of aromatic hydroxyl groups is 1. The topological polar surface area (TPSA) is 107 Å². The van der Waals surface area contributed by atoms with E-state index in [2.05, 4.69) is 0 Å². The molecule has 5 heteroatoms. The van der Waals surface area contributed by atoms with Crippen LogP contribution in [0.2, 0.25) is 0 Å². The number of phenols is 1. The van der Waals surface area contributed by atoms with E-state index in [0.717, 1.165) is 6.07 Å². The predicted molar refractivity (Wildman–Crippen MR) is 47.7 cm³/mol. The number of aromatic carboxylic acids is 1. The summed E-state index contributed by atoms with van der Waals surface area (Å²) in [4.78, 5) is 10.7. The average Bonchev–Trinajstić information content (AvgIpc) is 2.16. The number of hydrogen-bond donors (Lipinski definition) is 3. The van der Waals surface area contributed by atoms with Gasteiger partial charge in [0.2, 0.25) is 0 Å². The molecule has 1 aromatic rings. The van der Waals surface area contributed by atoms with E-state index in [1.54, 1.807) is 6.07 Å². The number of rotatable bonds is 2. The van der Waals surface area contributed by atoms with Gasteiger partial charge >= 0.3 is 5.97 Å². The summed E-state index contributed by atoms with van der Waals surface area (Å²) in [6.45, 7) is 0.0115. The van der Waals surface area contributed by atoms with Crippen LogP contribution in [-0.4, -0.2) is 16.2 Å². The average molecular weight is 192 g/mol. The van der Waals surface area contributed by atoms with Gasteiger partial charge in [0.05, 0.1) is 11.1 Å². The monoisotopic (exact) mass is 192 g/mol. The fourth-order valence-electron chi connectivity index (χ4n) is 1.15. The maximum atomic E-state index is 10.7. The van der Waals surface area contributed by atoms with E-state index in [0.29, 0.717) is 5.56 Å². The Morgan fingerprint density at radius 2 is 2.21 bits per heavy atom. The summed E-state index contributed by atoms with van der Waals surface area (Å²) >= 11 is 0. The molecule has 0 atom stereocenters. The molecule has 0 radical (unpaired) electrons. The smallest absolute Gasteiger partial charge is 0.337 e. The molecule has 0 heterocycles. The summed E-state index contributed by atoms with van der Waals surface area (Å²) in [5.41, 5.74) is 5.40. The largest absolute Gasteiger partial charge is 0.508 e. The highest BCUT2D eigenvalue weighted by molar-refractivity contribution is 5.91. The van der Waals surface area contributed by atoms with Crippen LogP contribution in [0.1, 0.15) is 21.5 Å². The van der Waals surface area contributed by atoms with E-state index in [1.807, 2.05) is 0 Å². The zero-order valence-electron chi connectivity index (χ0n) is 7.19. The van der Waals surface area contributed by atoms with Gasteiger partial charge in [0, 0.05) is 6.54 Å². The molecular formula is C9H8N2O3. The van der Waals surface area contributed by atoms with Crippen LogP contribution in [0.5, 0.6) is 5.75 Å². The molecular weight excluding hydrogens is 184 g/mol. The minimum Gasteiger partial charge on any atom is -0.508 e. The maximum absolute atomic E-state index is 10.7. The zero-order valence-corrected chi connectivity index (χ0v) is 7.19. The van der Waals surface area contributed by atoms with Gasteiger partial charge in [-0.1, -0.05) is 0 Å². The minimum absolute atomic E-state index is 0.00204. The summed E-state index contributed by atoms with van der Waals surface area (Å²) in [5, 5.41) is 26.6. The number of nitriles is 1. The van der Waals surface area contributed by atoms with Crippen molar-refractivity contribution in [3.8, 4) is 11.8 Å². The van der Waals surface area contributed by atoms with Crippen molar-refractivity contribution in [1.29, 1.82) is 5.26 Å². The third-order valence-electron chi connectivity index (χ3n) is 1.77. The van der Waals surface area contributed by atoms with Crippen molar-refractivity contribution in [2.75, 3.05) is 0 Å². The fourth-order valence-corrected chi connectivity index (χ4v) is 1.15. The molecule has 5 nitrogen and oxygen atoms in total. The Hall–Kier alpha value is -2.06. The summed E-state index contributed by atoms with van der Waals surface area (Å²) in [6, 6.07) is 4.06. The van der Waals surface area contributed by atoms with Crippen LogP contribution in [0, 0.1) is 11.3 Å². The van der Waals surface area contributed by atoms with Crippen molar-refractivity contribution in [2.45, 2.75) is 6.54 Å². The number of hydrogen-bond acceptors (Lipinski definition) is 4. The van der Waals surface area contributed by atoms with E-state index in [9.17, 15) is 4.79 Å². The van der Waals surface area contributed by atoms with Crippen LogP contribution in [0.25, 0.3) is 0 Å².